The number of benzene rings is 1. The number of aliphatic hydroxyl groups is 3. The van der Waals surface area contributed by atoms with Crippen molar-refractivity contribution >= 4 is 59.3 Å². The first-order chi connectivity index (χ1) is 33.0. The number of carbonyl (C=O) groups is 8. The number of nitrogens with two attached hydrogens (primary N) is 1. The Kier molecular flexibility index (Phi) is 24.1. The highest BCUT2D eigenvalue weighted by molar-refractivity contribution is 7.99. The van der Waals surface area contributed by atoms with Crippen LogP contribution in [0.4, 0.5) is 4.79 Å². The number of carboxylic acids is 3. The van der Waals surface area contributed by atoms with Gasteiger partial charge >= 0.3 is 30.0 Å². The van der Waals surface area contributed by atoms with E-state index in [1.165, 1.54) is 36.4 Å². The summed E-state index contributed by atoms with van der Waals surface area (Å²) in [5.41, 5.74) is 4.24. The van der Waals surface area contributed by atoms with E-state index in [0.29, 0.717) is 49.0 Å². The Morgan fingerprint density at radius 3 is 2.00 bits per heavy atom. The molecule has 0 radical (unpaired) electrons. The number of imide groups is 1. The van der Waals surface area contributed by atoms with Crippen molar-refractivity contribution < 1.29 is 83.2 Å². The summed E-state index contributed by atoms with van der Waals surface area (Å²) in [5.74, 6) is -3.93. The number of rotatable bonds is 12. The van der Waals surface area contributed by atoms with Crippen LogP contribution in [0.3, 0.4) is 0 Å². The standard InChI is InChI=1S/C22H34O7.C9H12O2.C8H9NO4S.C7H6O2.C5H11NO2/c1-12-6-7-22(27)10-14-8-15(29-11-28-13(2)23)9-16(24)21(14,5)19(26)18(25)17(12)20(22,3)4;10-9(11)7-6-8-4-2-1-3-5-8;10-6-1-2-7(11)9(6)3-4-14-5-8(12)13;8-7(9)6-4-2-1-3-5-6;1-5(2,3)8-4(6)7/h14-16,18,24-25,27H,6-11H2,1-5H3;2,4-5H,1,3,6-7H2,(H,10,11);1-2H,3-5H2,(H,12,13);1-5H,(H,8,9);1-3H3,(H2,6,7). The number of thioether (sulfide) groups is 1. The molecule has 2 fully saturated rings. The van der Waals surface area contributed by atoms with E-state index in [4.69, 9.17) is 30.5 Å². The smallest absolute Gasteiger partial charge is 0.405 e. The van der Waals surface area contributed by atoms with Crippen LogP contribution in [0.5, 0.6) is 0 Å². The summed E-state index contributed by atoms with van der Waals surface area (Å²) >= 11 is 1.18. The van der Waals surface area contributed by atoms with Crippen LogP contribution in [0.25, 0.3) is 0 Å². The van der Waals surface area contributed by atoms with E-state index in [1.807, 2.05) is 26.8 Å². The fraction of sp³-hybridized carbons (Fsp3) is 0.569. The number of esters is 1. The first kappa shape index (κ1) is 61.4. The fourth-order valence-corrected chi connectivity index (χ4v) is 9.41. The molecule has 4 aliphatic carbocycles. The van der Waals surface area contributed by atoms with Gasteiger partial charge in [0.15, 0.2) is 12.6 Å². The largest absolute Gasteiger partial charge is 0.481 e. The molecule has 2 bridgehead atoms. The lowest BCUT2D eigenvalue weighted by Gasteiger charge is -2.57. The average molecular weight is 1020 g/mol. The van der Waals surface area contributed by atoms with Crippen molar-refractivity contribution in [3.63, 3.8) is 0 Å². The maximum atomic E-state index is 13.5. The van der Waals surface area contributed by atoms with Gasteiger partial charge in [-0.25, -0.2) is 9.59 Å². The van der Waals surface area contributed by atoms with Crippen molar-refractivity contribution in [2.75, 3.05) is 24.8 Å². The molecule has 0 aromatic heterocycles. The number of aromatic carboxylic acids is 1. The molecule has 8 N–H and O–H groups in total. The molecule has 71 heavy (non-hydrogen) atoms. The van der Waals surface area contributed by atoms with Crippen LogP contribution in [-0.2, 0) is 43.0 Å². The molecule has 20 heteroatoms. The van der Waals surface area contributed by atoms with Gasteiger partial charge in [0.25, 0.3) is 11.8 Å². The van der Waals surface area contributed by atoms with Gasteiger partial charge in [0, 0.05) is 49.6 Å². The number of aliphatic carboxylic acids is 2. The Morgan fingerprint density at radius 2 is 1.52 bits per heavy atom. The zero-order valence-corrected chi connectivity index (χ0v) is 42.7. The van der Waals surface area contributed by atoms with Crippen LogP contribution in [0.15, 0.2) is 77.4 Å². The Bertz CT molecular complexity index is 2160. The van der Waals surface area contributed by atoms with Crippen molar-refractivity contribution in [2.45, 2.75) is 143 Å². The van der Waals surface area contributed by atoms with E-state index in [2.05, 4.69) is 16.9 Å². The Morgan fingerprint density at radius 1 is 0.901 bits per heavy atom. The molecule has 1 heterocycles. The van der Waals surface area contributed by atoms with E-state index in [-0.39, 0.29) is 55.4 Å². The Hall–Kier alpha value is -5.67. The second-order valence-corrected chi connectivity index (χ2v) is 20.4. The monoisotopic (exact) mass is 1020 g/mol. The highest BCUT2D eigenvalue weighted by Gasteiger charge is 2.62. The fourth-order valence-electron chi connectivity index (χ4n) is 8.78. The van der Waals surface area contributed by atoms with Crippen LogP contribution < -0.4 is 5.73 Å². The van der Waals surface area contributed by atoms with Crippen LogP contribution in [-0.4, -0.2) is 137 Å². The molecule has 0 spiro atoms. The molecule has 3 amide bonds. The number of aliphatic hydroxyl groups excluding tert-OH is 2. The summed E-state index contributed by atoms with van der Waals surface area (Å²) in [4.78, 5) is 88.1. The molecule has 1 aliphatic heterocycles. The maximum absolute atomic E-state index is 13.5. The van der Waals surface area contributed by atoms with Crippen LogP contribution in [0.1, 0.15) is 124 Å². The van der Waals surface area contributed by atoms with E-state index < -0.39 is 70.3 Å². The summed E-state index contributed by atoms with van der Waals surface area (Å²) in [6.45, 7) is 14.0. The zero-order chi connectivity index (χ0) is 53.9. The van der Waals surface area contributed by atoms with Crippen molar-refractivity contribution in [3.05, 3.63) is 83.0 Å². The van der Waals surface area contributed by atoms with Crippen LogP contribution >= 0.6 is 11.8 Å². The molecular formula is C51H72N2O17S. The number of hydrogen-bond donors (Lipinski definition) is 7. The molecule has 6 unspecified atom stereocenters. The molecular weight excluding hydrogens is 945 g/mol. The summed E-state index contributed by atoms with van der Waals surface area (Å²) in [5, 5.41) is 58.8. The van der Waals surface area contributed by atoms with Gasteiger partial charge in [0.05, 0.1) is 34.5 Å². The molecule has 5 aliphatic rings. The number of Topliss-reactive ketones (excluding diaryl/α,β-unsaturated/α-hetero) is 1. The predicted molar refractivity (Wildman–Crippen MR) is 263 cm³/mol. The molecule has 0 saturated heterocycles. The van der Waals surface area contributed by atoms with Crippen molar-refractivity contribution in [2.24, 2.45) is 22.5 Å². The third kappa shape index (κ3) is 19.1. The second kappa shape index (κ2) is 27.8. The molecule has 19 nitrogen and oxygen atoms in total. The number of hydrogen-bond acceptors (Lipinski definition) is 15. The third-order valence-corrected chi connectivity index (χ3v) is 13.6. The van der Waals surface area contributed by atoms with Gasteiger partial charge < -0.3 is 50.6 Å². The highest BCUT2D eigenvalue weighted by atomic mass is 32.2. The van der Waals surface area contributed by atoms with Gasteiger partial charge in [-0.1, -0.05) is 61.4 Å². The highest BCUT2D eigenvalue weighted by Crippen LogP contribution is 2.58. The van der Waals surface area contributed by atoms with E-state index in [1.54, 1.807) is 58.0 Å². The predicted octanol–water partition coefficient (Wildman–Crippen LogP) is 5.99. The number of primary amides is 1. The molecule has 6 atom stereocenters. The summed E-state index contributed by atoms with van der Waals surface area (Å²) in [6, 6.07) is 8.30. The second-order valence-electron chi connectivity index (χ2n) is 19.3. The quantitative estimate of drug-likeness (QED) is 0.0415. The van der Waals surface area contributed by atoms with E-state index in [0.717, 1.165) is 23.3 Å². The number of ether oxygens (including phenoxy) is 3. The topological polar surface area (TPSA) is 315 Å². The molecule has 2 saturated carbocycles. The first-order valence-corrected chi connectivity index (χ1v) is 24.4. The summed E-state index contributed by atoms with van der Waals surface area (Å²) in [7, 11) is 0. The SMILES string of the molecule is CC(=O)OCOC1CC(O)C2(C)C(=O)C(O)C3=C(C)CCC(O)(CC2C1)C3(C)C.CC(C)(C)OC(N)=O.O=C(O)CCC1=CCCC=C1.O=C(O)CSCCN1C(=O)C=CC1=O.O=C(O)c1ccccc1. The van der Waals surface area contributed by atoms with Crippen molar-refractivity contribution in [3.8, 4) is 0 Å². The molecule has 394 valence electrons. The summed E-state index contributed by atoms with van der Waals surface area (Å²) in [6.07, 6.45) is 10.3. The van der Waals surface area contributed by atoms with Crippen LogP contribution in [0.2, 0.25) is 0 Å². The Labute approximate surface area is 419 Å². The lowest BCUT2D eigenvalue weighted by molar-refractivity contribution is -0.190. The third-order valence-electron chi connectivity index (χ3n) is 12.7. The van der Waals surface area contributed by atoms with Gasteiger partial charge in [0.1, 0.15) is 11.7 Å². The van der Waals surface area contributed by atoms with E-state index >= 15 is 0 Å². The normalized spacial score (nSPS) is 25.0. The van der Waals surface area contributed by atoms with Crippen molar-refractivity contribution in [1.29, 1.82) is 0 Å². The minimum Gasteiger partial charge on any atom is -0.481 e. The lowest BCUT2D eigenvalue weighted by Crippen LogP contribution is -2.63. The van der Waals surface area contributed by atoms with Crippen LogP contribution in [0, 0.1) is 16.7 Å². The van der Waals surface area contributed by atoms with Gasteiger partial charge in [0.2, 0.25) is 0 Å². The molecule has 1 aromatic rings. The first-order valence-electron chi connectivity index (χ1n) is 23.2. The number of fused-ring (bicyclic) bond motifs is 3. The molecule has 1 aromatic carbocycles. The van der Waals surface area contributed by atoms with Gasteiger partial charge in [-0.3, -0.25) is 33.7 Å². The van der Waals surface area contributed by atoms with Crippen molar-refractivity contribution in [1.82, 2.24) is 4.90 Å². The number of nitrogens with zero attached hydrogens (tertiary/aromatic N) is 1. The molecule has 6 rings (SSSR count). The number of carbonyl (C=O) groups excluding carboxylic acids is 5. The number of amides is 3. The number of ketones is 1. The zero-order valence-electron chi connectivity index (χ0n) is 41.9. The van der Waals surface area contributed by atoms with Gasteiger partial charge in [-0.15, -0.1) is 11.8 Å². The number of allylic oxidation sites excluding steroid dienone is 5. The van der Waals surface area contributed by atoms with E-state index in [9.17, 15) is 53.7 Å². The maximum Gasteiger partial charge on any atom is 0.405 e. The van der Waals surface area contributed by atoms with Gasteiger partial charge in [-0.05, 0) is 103 Å². The minimum atomic E-state index is -1.35. The summed E-state index contributed by atoms with van der Waals surface area (Å²) < 4.78 is 15.1. The van der Waals surface area contributed by atoms with Gasteiger partial charge in [-0.2, -0.15) is 0 Å². The Balaban J connectivity index is 0.000000342. The number of carboxylic acid groups (broad SMARTS) is 3. The average Bonchev–Trinajstić information content (AvgIpc) is 3.60. The lowest BCUT2D eigenvalue weighted by atomic mass is 9.50. The minimum absolute atomic E-state index is 0.0103.